The van der Waals surface area contributed by atoms with Crippen LogP contribution in [-0.2, 0) is 9.59 Å². The number of aromatic amines is 2. The van der Waals surface area contributed by atoms with Crippen molar-refractivity contribution in [3.63, 3.8) is 0 Å². The Bertz CT molecular complexity index is 1500. The van der Waals surface area contributed by atoms with Crippen molar-refractivity contribution >= 4 is 11.8 Å². The zero-order valence-corrected chi connectivity index (χ0v) is 26.3. The minimum absolute atomic E-state index is 0.0128. The van der Waals surface area contributed by atoms with Gasteiger partial charge in [-0.3, -0.25) is 9.59 Å². The van der Waals surface area contributed by atoms with Crippen LogP contribution in [0.25, 0.3) is 33.6 Å². The number of benzene rings is 2. The van der Waals surface area contributed by atoms with Crippen LogP contribution in [-0.4, -0.2) is 54.6 Å². The molecule has 0 spiro atoms. The monoisotopic (exact) mass is 592 g/mol. The van der Waals surface area contributed by atoms with Crippen LogP contribution in [0.5, 0.6) is 0 Å². The summed E-state index contributed by atoms with van der Waals surface area (Å²) in [5.74, 6) is 2.84. The summed E-state index contributed by atoms with van der Waals surface area (Å²) >= 11 is 0. The van der Waals surface area contributed by atoms with Crippen molar-refractivity contribution < 1.29 is 9.59 Å². The van der Waals surface area contributed by atoms with Gasteiger partial charge in [-0.1, -0.05) is 64.1 Å². The summed E-state index contributed by atoms with van der Waals surface area (Å²) < 4.78 is 0. The number of hydrogen-bond acceptors (Lipinski definition) is 4. The third kappa shape index (κ3) is 6.35. The van der Waals surface area contributed by atoms with Gasteiger partial charge < -0.3 is 19.8 Å². The van der Waals surface area contributed by atoms with Crippen molar-refractivity contribution in [3.05, 3.63) is 72.6 Å². The largest absolute Gasteiger partial charge is 0.340 e. The van der Waals surface area contributed by atoms with Crippen molar-refractivity contribution in [2.45, 2.75) is 78.3 Å². The smallest absolute Gasteiger partial charge is 0.223 e. The van der Waals surface area contributed by atoms with Gasteiger partial charge in [0.1, 0.15) is 11.6 Å². The Morgan fingerprint density at radius 3 is 1.52 bits per heavy atom. The van der Waals surface area contributed by atoms with E-state index in [1.807, 2.05) is 22.2 Å². The molecule has 230 valence electrons. The molecule has 6 rings (SSSR count). The van der Waals surface area contributed by atoms with Crippen LogP contribution in [0.3, 0.4) is 0 Å². The summed E-state index contributed by atoms with van der Waals surface area (Å²) in [7, 11) is 0. The molecule has 2 atom stereocenters. The number of hydrogen-bond donors (Lipinski definition) is 2. The zero-order chi connectivity index (χ0) is 30.8. The van der Waals surface area contributed by atoms with Gasteiger partial charge in [0.25, 0.3) is 0 Å². The lowest BCUT2D eigenvalue weighted by molar-refractivity contribution is -0.133. The highest BCUT2D eigenvalue weighted by Gasteiger charge is 2.33. The van der Waals surface area contributed by atoms with Gasteiger partial charge in [-0.2, -0.15) is 0 Å². The fourth-order valence-corrected chi connectivity index (χ4v) is 6.67. The van der Waals surface area contributed by atoms with Crippen molar-refractivity contribution in [1.29, 1.82) is 0 Å². The summed E-state index contributed by atoms with van der Waals surface area (Å²) in [6, 6.07) is 17.0. The molecule has 0 aliphatic carbocycles. The summed E-state index contributed by atoms with van der Waals surface area (Å²) in [5, 5.41) is 0. The fourth-order valence-electron chi connectivity index (χ4n) is 6.67. The van der Waals surface area contributed by atoms with E-state index in [0.717, 1.165) is 84.1 Å². The molecule has 2 aliphatic heterocycles. The van der Waals surface area contributed by atoms with Gasteiger partial charge in [0.15, 0.2) is 0 Å². The number of nitrogens with one attached hydrogen (secondary N) is 2. The molecule has 2 aliphatic rings. The van der Waals surface area contributed by atoms with Crippen molar-refractivity contribution in [2.24, 2.45) is 11.8 Å². The number of nitrogens with zero attached hydrogens (tertiary/aromatic N) is 4. The average molecular weight is 593 g/mol. The lowest BCUT2D eigenvalue weighted by Gasteiger charge is -2.24. The topological polar surface area (TPSA) is 98.0 Å². The Morgan fingerprint density at radius 1 is 0.705 bits per heavy atom. The lowest BCUT2D eigenvalue weighted by atomic mass is 9.99. The number of amides is 2. The van der Waals surface area contributed by atoms with Gasteiger partial charge in [-0.15, -0.1) is 0 Å². The van der Waals surface area contributed by atoms with E-state index in [1.54, 1.807) is 0 Å². The third-order valence-electron chi connectivity index (χ3n) is 8.81. The molecule has 0 bridgehead atoms. The van der Waals surface area contributed by atoms with Gasteiger partial charge in [-0.25, -0.2) is 9.97 Å². The molecule has 2 aromatic carbocycles. The van der Waals surface area contributed by atoms with Crippen LogP contribution in [0.4, 0.5) is 0 Å². The summed E-state index contributed by atoms with van der Waals surface area (Å²) in [4.78, 5) is 46.2. The second-order valence-electron chi connectivity index (χ2n) is 13.2. The van der Waals surface area contributed by atoms with E-state index in [1.165, 1.54) is 0 Å². The number of aromatic nitrogens is 4. The van der Waals surface area contributed by atoms with Gasteiger partial charge in [0.05, 0.1) is 35.9 Å². The molecule has 4 heterocycles. The maximum absolute atomic E-state index is 12.9. The predicted octanol–water partition coefficient (Wildman–Crippen LogP) is 7.55. The molecule has 8 heteroatoms. The third-order valence-corrected chi connectivity index (χ3v) is 8.81. The van der Waals surface area contributed by atoms with E-state index < -0.39 is 0 Å². The highest BCUT2D eigenvalue weighted by molar-refractivity contribution is 5.78. The second-order valence-corrected chi connectivity index (χ2v) is 13.2. The Hall–Kier alpha value is -4.20. The Morgan fingerprint density at radius 2 is 1.11 bits per heavy atom. The maximum Gasteiger partial charge on any atom is 0.223 e. The van der Waals surface area contributed by atoms with Gasteiger partial charge in [-0.05, 0) is 60.8 Å². The highest BCUT2D eigenvalue weighted by Crippen LogP contribution is 2.35. The normalized spacial score (nSPS) is 18.6. The molecule has 2 aromatic heterocycles. The van der Waals surface area contributed by atoms with E-state index in [2.05, 4.69) is 86.2 Å². The first-order valence-electron chi connectivity index (χ1n) is 16.2. The Labute approximate surface area is 260 Å². The Kier molecular flexibility index (Phi) is 8.69. The first kappa shape index (κ1) is 29.9. The molecule has 0 unspecified atom stereocenters. The number of rotatable bonds is 9. The number of carbonyl (C=O) groups is 2. The SMILES string of the molecule is CC(C)CC(=O)N1CCC[C@H]1c1ncc(-c2cccc(-c3cccc(-c4cnc([C@@H]5CCCN5C(=O)CC(C)C)[nH]4)c3)c2)[nH]1. The van der Waals surface area contributed by atoms with E-state index in [-0.39, 0.29) is 23.9 Å². The second kappa shape index (κ2) is 12.8. The molecule has 0 saturated carbocycles. The molecule has 4 aromatic rings. The highest BCUT2D eigenvalue weighted by atomic mass is 16.2. The van der Waals surface area contributed by atoms with E-state index in [9.17, 15) is 9.59 Å². The molecule has 8 nitrogen and oxygen atoms in total. The van der Waals surface area contributed by atoms with E-state index >= 15 is 0 Å². The van der Waals surface area contributed by atoms with Crippen LogP contribution in [0.15, 0.2) is 60.9 Å². The van der Waals surface area contributed by atoms with Gasteiger partial charge >= 0.3 is 0 Å². The van der Waals surface area contributed by atoms with Crippen molar-refractivity contribution in [2.75, 3.05) is 13.1 Å². The zero-order valence-electron chi connectivity index (χ0n) is 26.3. The number of H-pyrrole nitrogens is 2. The first-order valence-corrected chi connectivity index (χ1v) is 16.2. The van der Waals surface area contributed by atoms with Crippen LogP contribution >= 0.6 is 0 Å². The average Bonchev–Trinajstić information content (AvgIpc) is 3.82. The summed E-state index contributed by atoms with van der Waals surface area (Å²) in [6.45, 7) is 9.95. The van der Waals surface area contributed by atoms with Crippen LogP contribution in [0.2, 0.25) is 0 Å². The summed E-state index contributed by atoms with van der Waals surface area (Å²) in [6.07, 6.45) is 8.80. The minimum atomic E-state index is 0.0128. The van der Waals surface area contributed by atoms with Gasteiger partial charge in [0, 0.05) is 37.1 Å². The fraction of sp³-hybridized carbons (Fsp3) is 0.444. The number of imidazole rings is 2. The molecule has 2 saturated heterocycles. The molecule has 0 radical (unpaired) electrons. The summed E-state index contributed by atoms with van der Waals surface area (Å²) in [5.41, 5.74) is 6.23. The van der Waals surface area contributed by atoms with Crippen LogP contribution < -0.4 is 0 Å². The predicted molar refractivity (Wildman–Crippen MR) is 173 cm³/mol. The van der Waals surface area contributed by atoms with Crippen LogP contribution in [0.1, 0.15) is 90.0 Å². The molecule has 44 heavy (non-hydrogen) atoms. The van der Waals surface area contributed by atoms with Gasteiger partial charge in [0.2, 0.25) is 11.8 Å². The van der Waals surface area contributed by atoms with Crippen molar-refractivity contribution in [3.8, 4) is 33.6 Å². The molecular weight excluding hydrogens is 548 g/mol. The first-order chi connectivity index (χ1) is 21.3. The molecule has 2 fully saturated rings. The number of carbonyl (C=O) groups excluding carboxylic acids is 2. The van der Waals surface area contributed by atoms with Crippen LogP contribution in [0, 0.1) is 11.8 Å². The molecule has 2 N–H and O–H groups in total. The van der Waals surface area contributed by atoms with E-state index in [4.69, 9.17) is 9.97 Å². The Balaban J connectivity index is 1.20. The van der Waals surface area contributed by atoms with Crippen molar-refractivity contribution in [1.82, 2.24) is 29.7 Å². The molecule has 2 amide bonds. The molecular formula is C36H44N6O2. The lowest BCUT2D eigenvalue weighted by Crippen LogP contribution is -2.31. The maximum atomic E-state index is 12.9. The van der Waals surface area contributed by atoms with E-state index in [0.29, 0.717) is 24.7 Å². The number of likely N-dealkylation sites (tertiary alicyclic amines) is 2. The standard InChI is InChI=1S/C36H44N6O2/c1-23(2)17-33(43)41-15-7-13-31(41)35-37-21-29(39-35)27-11-5-9-25(19-27)26-10-6-12-28(20-26)30-22-38-36(40-30)32-14-8-16-42(32)34(44)18-24(3)4/h5-6,9-12,19-24,31-32H,7-8,13-18H2,1-4H3,(H,37,39)(H,38,40)/t31-,32-/m0/s1. The minimum Gasteiger partial charge on any atom is -0.340 e. The quantitative estimate of drug-likeness (QED) is 0.210.